The lowest BCUT2D eigenvalue weighted by Gasteiger charge is -2.45. The quantitative estimate of drug-likeness (QED) is 0.172. The largest absolute Gasteiger partial charge is 0.456 e. The van der Waals surface area contributed by atoms with Crippen LogP contribution in [-0.4, -0.2) is 0 Å². The van der Waals surface area contributed by atoms with E-state index in [1.165, 1.54) is 5.56 Å². The number of hydrogen-bond donors (Lipinski definition) is 0. The van der Waals surface area contributed by atoms with Gasteiger partial charge in [-0.05, 0) is 81.9 Å². The zero-order chi connectivity index (χ0) is 31.6. The average molecular weight is 616 g/mol. The van der Waals surface area contributed by atoms with Gasteiger partial charge in [0.2, 0.25) is 5.43 Å². The minimum absolute atomic E-state index is 0.0173. The van der Waals surface area contributed by atoms with Crippen LogP contribution in [0.5, 0.6) is 0 Å². The van der Waals surface area contributed by atoms with Gasteiger partial charge in [0.15, 0.2) is 5.58 Å². The Bertz CT molecular complexity index is 2850. The van der Waals surface area contributed by atoms with Gasteiger partial charge >= 0.3 is 0 Å². The van der Waals surface area contributed by atoms with Crippen molar-refractivity contribution in [3.63, 3.8) is 0 Å². The molecule has 7 aromatic carbocycles. The molecule has 2 aromatic heterocycles. The summed E-state index contributed by atoms with van der Waals surface area (Å²) in [7, 11) is 0. The van der Waals surface area contributed by atoms with E-state index in [9.17, 15) is 4.79 Å². The van der Waals surface area contributed by atoms with Crippen LogP contribution in [0.2, 0.25) is 0 Å². The van der Waals surface area contributed by atoms with E-state index in [4.69, 9.17) is 8.83 Å². The highest BCUT2D eigenvalue weighted by Gasteiger charge is 2.52. The van der Waals surface area contributed by atoms with E-state index in [-0.39, 0.29) is 5.43 Å². The first-order valence-corrected chi connectivity index (χ1v) is 16.2. The maximum Gasteiger partial charge on any atom is 0.200 e. The molecule has 9 aromatic rings. The number of nitrogens with zero attached hydrogens (tertiary/aromatic N) is 1. The topological polar surface area (TPSA) is 46.6 Å². The summed E-state index contributed by atoms with van der Waals surface area (Å²) < 4.78 is 13.0. The Morgan fingerprint density at radius 2 is 1.00 bits per heavy atom. The maximum absolute atomic E-state index is 14.1. The summed E-state index contributed by atoms with van der Waals surface area (Å²) in [4.78, 5) is 16.4. The molecule has 0 fully saturated rings. The molecule has 48 heavy (non-hydrogen) atoms. The van der Waals surface area contributed by atoms with E-state index in [1.54, 1.807) is 0 Å². The predicted molar refractivity (Wildman–Crippen MR) is 193 cm³/mol. The van der Waals surface area contributed by atoms with Crippen molar-refractivity contribution in [3.05, 3.63) is 184 Å². The third-order valence-corrected chi connectivity index (χ3v) is 10.5. The minimum atomic E-state index is -0.677. The fraction of sp³-hybridized carbons (Fsp3) is 0.0227. The Morgan fingerprint density at radius 1 is 0.417 bits per heavy atom. The van der Waals surface area contributed by atoms with Gasteiger partial charge in [-0.2, -0.15) is 0 Å². The molecular weight excluding hydrogens is 590 g/mol. The smallest absolute Gasteiger partial charge is 0.200 e. The molecule has 0 amide bonds. The van der Waals surface area contributed by atoms with Gasteiger partial charge in [-0.1, -0.05) is 103 Å². The maximum atomic E-state index is 14.1. The van der Waals surface area contributed by atoms with Crippen LogP contribution in [0, 0.1) is 0 Å². The molecule has 0 unspecified atom stereocenters. The number of rotatable bonds is 1. The minimum Gasteiger partial charge on any atom is -0.456 e. The molecule has 11 rings (SSSR count). The van der Waals surface area contributed by atoms with E-state index < -0.39 is 5.41 Å². The van der Waals surface area contributed by atoms with Gasteiger partial charge in [-0.25, -0.2) is 0 Å². The molecule has 1 aliphatic heterocycles. The molecule has 0 saturated heterocycles. The molecule has 0 atom stereocenters. The Morgan fingerprint density at radius 3 is 1.77 bits per heavy atom. The molecule has 2 aliphatic rings. The molecule has 224 valence electrons. The summed E-state index contributed by atoms with van der Waals surface area (Å²) >= 11 is 0. The van der Waals surface area contributed by atoms with Gasteiger partial charge in [0.1, 0.15) is 16.7 Å². The second-order valence-electron chi connectivity index (χ2n) is 12.7. The summed E-state index contributed by atoms with van der Waals surface area (Å²) in [5, 5.41) is 3.36. The van der Waals surface area contributed by atoms with E-state index in [2.05, 4.69) is 120 Å². The van der Waals surface area contributed by atoms with Crippen molar-refractivity contribution in [2.75, 3.05) is 4.90 Å². The molecule has 1 spiro atoms. The van der Waals surface area contributed by atoms with Gasteiger partial charge < -0.3 is 13.7 Å². The lowest BCUT2D eigenvalue weighted by molar-refractivity contribution is 0.659. The summed E-state index contributed by atoms with van der Waals surface area (Å²) in [5.74, 6) is 0. The zero-order valence-corrected chi connectivity index (χ0v) is 25.6. The SMILES string of the molecule is O=c1c2ccccc2oc2cc3c(cc12)C1(c2ccccc2-3)c2ccccc2N(c2cccc3c2oc2ccccc23)c2ccccc21. The zero-order valence-electron chi connectivity index (χ0n) is 25.6. The van der Waals surface area contributed by atoms with Crippen molar-refractivity contribution in [1.82, 2.24) is 0 Å². The van der Waals surface area contributed by atoms with Crippen LogP contribution in [0.3, 0.4) is 0 Å². The third-order valence-electron chi connectivity index (χ3n) is 10.5. The Labute approximate surface area is 274 Å². The van der Waals surface area contributed by atoms with E-state index in [1.807, 2.05) is 36.4 Å². The van der Waals surface area contributed by atoms with Crippen molar-refractivity contribution in [2.24, 2.45) is 0 Å². The van der Waals surface area contributed by atoms with Crippen molar-refractivity contribution in [2.45, 2.75) is 5.41 Å². The first-order chi connectivity index (χ1) is 23.7. The average Bonchev–Trinajstić information content (AvgIpc) is 3.66. The van der Waals surface area contributed by atoms with E-state index in [0.717, 1.165) is 66.8 Å². The number of para-hydroxylation sites is 5. The van der Waals surface area contributed by atoms with Gasteiger partial charge in [0.05, 0.1) is 33.2 Å². The van der Waals surface area contributed by atoms with Crippen LogP contribution >= 0.6 is 0 Å². The molecule has 1 aliphatic carbocycles. The van der Waals surface area contributed by atoms with Crippen LogP contribution in [0.25, 0.3) is 55.0 Å². The van der Waals surface area contributed by atoms with Crippen molar-refractivity contribution in [1.29, 1.82) is 0 Å². The summed E-state index contributed by atoms with van der Waals surface area (Å²) in [6.45, 7) is 0. The third kappa shape index (κ3) is 3.07. The molecular formula is C44H25NO3. The van der Waals surface area contributed by atoms with Crippen LogP contribution in [0.4, 0.5) is 17.1 Å². The fourth-order valence-corrected chi connectivity index (χ4v) is 8.57. The summed E-state index contributed by atoms with van der Waals surface area (Å²) in [6, 6.07) is 52.3. The highest BCUT2D eigenvalue weighted by atomic mass is 16.3. The highest BCUT2D eigenvalue weighted by Crippen LogP contribution is 2.64. The van der Waals surface area contributed by atoms with Crippen LogP contribution in [0.1, 0.15) is 22.3 Å². The van der Waals surface area contributed by atoms with Gasteiger partial charge in [-0.3, -0.25) is 4.79 Å². The van der Waals surface area contributed by atoms with Crippen LogP contribution < -0.4 is 10.3 Å². The second kappa shape index (κ2) is 9.11. The van der Waals surface area contributed by atoms with Gasteiger partial charge in [0.25, 0.3) is 0 Å². The van der Waals surface area contributed by atoms with Crippen molar-refractivity contribution in [3.8, 4) is 11.1 Å². The molecule has 0 saturated carbocycles. The molecule has 0 N–H and O–H groups in total. The highest BCUT2D eigenvalue weighted by molar-refractivity contribution is 6.11. The normalized spacial score (nSPS) is 14.0. The molecule has 0 bridgehead atoms. The number of hydrogen-bond acceptors (Lipinski definition) is 4. The number of furan rings is 1. The molecule has 4 nitrogen and oxygen atoms in total. The first kappa shape index (κ1) is 25.8. The lowest BCUT2D eigenvalue weighted by Crippen LogP contribution is -2.36. The van der Waals surface area contributed by atoms with Gasteiger partial charge in [-0.15, -0.1) is 0 Å². The van der Waals surface area contributed by atoms with Crippen LogP contribution in [-0.2, 0) is 5.41 Å². The second-order valence-corrected chi connectivity index (χ2v) is 12.7. The number of anilines is 3. The summed E-state index contributed by atoms with van der Waals surface area (Å²) in [5.41, 5.74) is 12.1. The Hall–Kier alpha value is -6.39. The predicted octanol–water partition coefficient (Wildman–Crippen LogP) is 11.0. The number of fused-ring (bicyclic) bond motifs is 14. The Kier molecular flexibility index (Phi) is 4.89. The summed E-state index contributed by atoms with van der Waals surface area (Å²) in [6.07, 6.45) is 0. The molecule has 0 radical (unpaired) electrons. The van der Waals surface area contributed by atoms with Crippen molar-refractivity contribution >= 4 is 60.9 Å². The molecule has 4 heteroatoms. The van der Waals surface area contributed by atoms with E-state index in [0.29, 0.717) is 21.9 Å². The van der Waals surface area contributed by atoms with Crippen LogP contribution in [0.15, 0.2) is 165 Å². The molecule has 3 heterocycles. The number of benzene rings is 7. The fourth-order valence-electron chi connectivity index (χ4n) is 8.57. The first-order valence-electron chi connectivity index (χ1n) is 16.2. The Balaban J connectivity index is 1.28. The van der Waals surface area contributed by atoms with Gasteiger partial charge in [0, 0.05) is 10.8 Å². The monoisotopic (exact) mass is 615 g/mol. The van der Waals surface area contributed by atoms with E-state index >= 15 is 0 Å². The van der Waals surface area contributed by atoms with Crippen molar-refractivity contribution < 1.29 is 8.83 Å². The standard InChI is InChI=1S/C44H25NO3/c46-42-29-14-3-10-23-40(29)47-41-25-30-26-12-1-4-16-32(26)44(35(30)24-31(41)42)33-17-5-7-19-36(33)45(37-20-8-6-18-34(37)44)38-21-11-15-28-27-13-2-9-22-39(27)48-43(28)38/h1-25H. The lowest BCUT2D eigenvalue weighted by atomic mass is 9.64.